The summed E-state index contributed by atoms with van der Waals surface area (Å²) in [5, 5.41) is 0. The molecule has 0 fully saturated rings. The topological polar surface area (TPSA) is 35.5 Å². The fraction of sp³-hybridized carbons (Fsp3) is 0.500. The maximum atomic E-state index is 11.8. The number of aryl methyl sites for hydroxylation is 1. The van der Waals surface area contributed by atoms with Gasteiger partial charge in [0.05, 0.1) is 13.2 Å². The Bertz CT molecular complexity index is 572. The van der Waals surface area contributed by atoms with Crippen LogP contribution in [0.2, 0.25) is 0 Å². The number of allylic oxidation sites excluding steroid dienone is 1. The quantitative estimate of drug-likeness (QED) is 0.614. The van der Waals surface area contributed by atoms with Gasteiger partial charge < -0.3 is 9.47 Å². The van der Waals surface area contributed by atoms with E-state index in [2.05, 4.69) is 12.1 Å². The number of benzene rings is 1. The molecular weight excluding hydrogens is 264 g/mol. The van der Waals surface area contributed by atoms with Crippen molar-refractivity contribution in [3.63, 3.8) is 0 Å². The van der Waals surface area contributed by atoms with Crippen molar-refractivity contribution in [3.8, 4) is 5.75 Å². The lowest BCUT2D eigenvalue weighted by Gasteiger charge is -2.23. The maximum absolute atomic E-state index is 11.8. The van der Waals surface area contributed by atoms with Crippen molar-refractivity contribution in [1.82, 2.24) is 0 Å². The second-order valence-electron chi connectivity index (χ2n) is 5.66. The SMILES string of the molecule is CCOC(=O)/C=C1\CCCc2ccc3c(c21)CCCCO3. The van der Waals surface area contributed by atoms with E-state index >= 15 is 0 Å². The lowest BCUT2D eigenvalue weighted by atomic mass is 9.82. The number of hydrogen-bond donors (Lipinski definition) is 0. The predicted octanol–water partition coefficient (Wildman–Crippen LogP) is 3.68. The molecule has 0 aromatic heterocycles. The molecule has 3 nitrogen and oxygen atoms in total. The minimum absolute atomic E-state index is 0.229. The van der Waals surface area contributed by atoms with Gasteiger partial charge in [-0.15, -0.1) is 0 Å². The molecule has 0 saturated heterocycles. The highest BCUT2D eigenvalue weighted by atomic mass is 16.5. The lowest BCUT2D eigenvalue weighted by Crippen LogP contribution is -2.09. The van der Waals surface area contributed by atoms with Crippen LogP contribution in [0.4, 0.5) is 0 Å². The summed E-state index contributed by atoms with van der Waals surface area (Å²) >= 11 is 0. The van der Waals surface area contributed by atoms with E-state index in [0.717, 1.165) is 56.5 Å². The van der Waals surface area contributed by atoms with Crippen LogP contribution in [0.5, 0.6) is 5.75 Å². The molecule has 0 N–H and O–H groups in total. The largest absolute Gasteiger partial charge is 0.493 e. The van der Waals surface area contributed by atoms with Gasteiger partial charge in [-0.1, -0.05) is 6.07 Å². The second-order valence-corrected chi connectivity index (χ2v) is 5.66. The molecule has 3 heteroatoms. The average Bonchev–Trinajstić information content (AvgIpc) is 2.72. The van der Waals surface area contributed by atoms with Gasteiger partial charge in [-0.25, -0.2) is 4.79 Å². The van der Waals surface area contributed by atoms with Crippen molar-refractivity contribution in [2.75, 3.05) is 13.2 Å². The Hall–Kier alpha value is -1.77. The zero-order valence-electron chi connectivity index (χ0n) is 12.6. The Balaban J connectivity index is 2.04. The van der Waals surface area contributed by atoms with Crippen molar-refractivity contribution in [2.45, 2.75) is 45.4 Å². The number of ether oxygens (including phenoxy) is 2. The molecule has 1 aliphatic heterocycles. The van der Waals surface area contributed by atoms with Gasteiger partial charge in [-0.3, -0.25) is 0 Å². The molecule has 1 heterocycles. The molecular formula is C18H22O3. The lowest BCUT2D eigenvalue weighted by molar-refractivity contribution is -0.137. The first-order chi connectivity index (χ1) is 10.3. The normalized spacial score (nSPS) is 19.2. The smallest absolute Gasteiger partial charge is 0.331 e. The zero-order valence-corrected chi connectivity index (χ0v) is 12.6. The number of hydrogen-bond acceptors (Lipinski definition) is 3. The van der Waals surface area contributed by atoms with Gasteiger partial charge in [-0.05, 0) is 68.2 Å². The van der Waals surface area contributed by atoms with Crippen LogP contribution in [-0.4, -0.2) is 19.2 Å². The molecule has 0 saturated carbocycles. The summed E-state index contributed by atoms with van der Waals surface area (Å²) in [4.78, 5) is 11.8. The molecule has 0 radical (unpaired) electrons. The molecule has 112 valence electrons. The fourth-order valence-corrected chi connectivity index (χ4v) is 3.32. The Kier molecular flexibility index (Phi) is 4.28. The van der Waals surface area contributed by atoms with Gasteiger partial charge in [0.25, 0.3) is 0 Å². The fourth-order valence-electron chi connectivity index (χ4n) is 3.32. The van der Waals surface area contributed by atoms with Crippen LogP contribution < -0.4 is 4.74 Å². The highest BCUT2D eigenvalue weighted by Gasteiger charge is 2.22. The number of fused-ring (bicyclic) bond motifs is 3. The summed E-state index contributed by atoms with van der Waals surface area (Å²) in [5.74, 6) is 0.774. The van der Waals surface area contributed by atoms with E-state index in [-0.39, 0.29) is 5.97 Å². The number of esters is 1. The monoisotopic (exact) mass is 286 g/mol. The van der Waals surface area contributed by atoms with E-state index in [1.165, 1.54) is 16.7 Å². The van der Waals surface area contributed by atoms with Crippen molar-refractivity contribution >= 4 is 11.5 Å². The molecule has 0 spiro atoms. The summed E-state index contributed by atoms with van der Waals surface area (Å²) in [5.41, 5.74) is 5.02. The number of carbonyl (C=O) groups excluding carboxylic acids is 1. The summed E-state index contributed by atoms with van der Waals surface area (Å²) in [6.07, 6.45) is 8.10. The van der Waals surface area contributed by atoms with Gasteiger partial charge in [0.2, 0.25) is 0 Å². The summed E-state index contributed by atoms with van der Waals surface area (Å²) in [6, 6.07) is 4.27. The minimum atomic E-state index is -0.229. The highest BCUT2D eigenvalue weighted by Crippen LogP contribution is 2.39. The van der Waals surface area contributed by atoms with E-state index in [0.29, 0.717) is 6.61 Å². The molecule has 1 aliphatic carbocycles. The molecule has 0 atom stereocenters. The Labute approximate surface area is 125 Å². The molecule has 0 bridgehead atoms. The Morgan fingerprint density at radius 3 is 3.00 bits per heavy atom. The van der Waals surface area contributed by atoms with Crippen molar-refractivity contribution in [1.29, 1.82) is 0 Å². The number of carbonyl (C=O) groups is 1. The molecule has 1 aromatic carbocycles. The minimum Gasteiger partial charge on any atom is -0.493 e. The van der Waals surface area contributed by atoms with Crippen molar-refractivity contribution in [2.24, 2.45) is 0 Å². The van der Waals surface area contributed by atoms with Crippen molar-refractivity contribution < 1.29 is 14.3 Å². The summed E-state index contributed by atoms with van der Waals surface area (Å²) < 4.78 is 11.0. The second kappa shape index (κ2) is 6.33. The first-order valence-corrected chi connectivity index (χ1v) is 7.95. The third-order valence-corrected chi connectivity index (χ3v) is 4.23. The van der Waals surface area contributed by atoms with E-state index in [4.69, 9.17) is 9.47 Å². The van der Waals surface area contributed by atoms with Crippen molar-refractivity contribution in [3.05, 3.63) is 34.9 Å². The van der Waals surface area contributed by atoms with Crippen LogP contribution in [0.15, 0.2) is 18.2 Å². The van der Waals surface area contributed by atoms with Gasteiger partial charge in [-0.2, -0.15) is 0 Å². The van der Waals surface area contributed by atoms with Crippen LogP contribution in [0.25, 0.3) is 5.57 Å². The van der Waals surface area contributed by atoms with E-state index in [1.807, 2.05) is 6.92 Å². The molecule has 2 aliphatic rings. The molecule has 1 aromatic rings. The average molecular weight is 286 g/mol. The van der Waals surface area contributed by atoms with E-state index in [9.17, 15) is 4.79 Å². The molecule has 0 amide bonds. The third kappa shape index (κ3) is 2.97. The van der Waals surface area contributed by atoms with Gasteiger partial charge in [0, 0.05) is 11.6 Å². The van der Waals surface area contributed by atoms with Gasteiger partial charge in [0.15, 0.2) is 0 Å². The zero-order chi connectivity index (χ0) is 14.7. The molecule has 0 unspecified atom stereocenters. The maximum Gasteiger partial charge on any atom is 0.331 e. The first kappa shape index (κ1) is 14.2. The summed E-state index contributed by atoms with van der Waals surface area (Å²) in [6.45, 7) is 3.05. The third-order valence-electron chi connectivity index (χ3n) is 4.23. The van der Waals surface area contributed by atoms with Gasteiger partial charge >= 0.3 is 5.97 Å². The molecule has 3 rings (SSSR count). The predicted molar refractivity (Wildman–Crippen MR) is 82.4 cm³/mol. The van der Waals surface area contributed by atoms with Crippen LogP contribution in [0.3, 0.4) is 0 Å². The summed E-state index contributed by atoms with van der Waals surface area (Å²) in [7, 11) is 0. The Morgan fingerprint density at radius 2 is 2.14 bits per heavy atom. The molecule has 21 heavy (non-hydrogen) atoms. The Morgan fingerprint density at radius 1 is 1.24 bits per heavy atom. The first-order valence-electron chi connectivity index (χ1n) is 7.95. The van der Waals surface area contributed by atoms with E-state index < -0.39 is 0 Å². The standard InChI is InChI=1S/C18H22O3/c1-2-20-17(19)12-14-7-5-6-13-9-10-16-15(18(13)14)8-3-4-11-21-16/h9-10,12H,2-8,11H2,1H3/b14-12+. The van der Waals surface area contributed by atoms with Crippen LogP contribution in [-0.2, 0) is 22.4 Å². The highest BCUT2D eigenvalue weighted by molar-refractivity contribution is 5.93. The van der Waals surface area contributed by atoms with Crippen LogP contribution in [0.1, 0.15) is 49.3 Å². The van der Waals surface area contributed by atoms with Crippen LogP contribution >= 0.6 is 0 Å². The van der Waals surface area contributed by atoms with Gasteiger partial charge in [0.1, 0.15) is 5.75 Å². The van der Waals surface area contributed by atoms with E-state index in [1.54, 1.807) is 6.08 Å². The van der Waals surface area contributed by atoms with Crippen LogP contribution in [0, 0.1) is 0 Å². The number of rotatable bonds is 2.